The van der Waals surface area contributed by atoms with Crippen LogP contribution in [0, 0.1) is 0 Å². The maximum Gasteiger partial charge on any atom is 0.321 e. The summed E-state index contributed by atoms with van der Waals surface area (Å²) in [5, 5.41) is 0.440. The molecule has 0 unspecified atom stereocenters. The molecule has 1 N–H and O–H groups in total. The number of H-pyrrole nitrogens is 1. The third-order valence-electron chi connectivity index (χ3n) is 4.47. The average Bonchev–Trinajstić information content (AvgIpc) is 2.84. The minimum atomic E-state index is -0.370. The lowest BCUT2D eigenvalue weighted by atomic mass is 10.1. The maximum atomic E-state index is 12.3. The van der Waals surface area contributed by atoms with Crippen LogP contribution < -0.4 is 19.8 Å². The number of rotatable bonds is 9. The van der Waals surface area contributed by atoms with Gasteiger partial charge < -0.3 is 19.2 Å². The van der Waals surface area contributed by atoms with Crippen LogP contribution in [0.3, 0.4) is 0 Å². The minimum Gasteiger partial charge on any atom is -0.467 e. The molecule has 168 valence electrons. The minimum absolute atomic E-state index is 0.162. The van der Waals surface area contributed by atoms with Crippen molar-refractivity contribution in [2.24, 2.45) is 0 Å². The molecule has 0 bridgehead atoms. The third kappa shape index (κ3) is 6.23. The first kappa shape index (κ1) is 22.2. The fourth-order valence-corrected chi connectivity index (χ4v) is 2.91. The molecule has 0 fully saturated rings. The van der Waals surface area contributed by atoms with Gasteiger partial charge in [-0.05, 0) is 23.3 Å². The lowest BCUT2D eigenvalue weighted by Crippen LogP contribution is -2.16. The van der Waals surface area contributed by atoms with Crippen LogP contribution in [0.1, 0.15) is 16.7 Å². The summed E-state index contributed by atoms with van der Waals surface area (Å²) < 4.78 is 16.1. The molecule has 0 aliphatic carbocycles. The largest absolute Gasteiger partial charge is 0.467 e. The van der Waals surface area contributed by atoms with E-state index >= 15 is 0 Å². The Morgan fingerprint density at radius 3 is 2.30 bits per heavy atom. The lowest BCUT2D eigenvalue weighted by molar-refractivity contribution is 0.295. The summed E-state index contributed by atoms with van der Waals surface area (Å²) in [6.45, 7) is 0.342. The van der Waals surface area contributed by atoms with E-state index in [0.29, 0.717) is 35.8 Å². The summed E-state index contributed by atoms with van der Waals surface area (Å²) in [5.41, 5.74) is 1.91. The summed E-state index contributed by atoms with van der Waals surface area (Å²) in [6.07, 6.45) is 8.69. The van der Waals surface area contributed by atoms with Crippen LogP contribution in [0.2, 0.25) is 5.02 Å². The molecule has 0 saturated carbocycles. The first-order valence-corrected chi connectivity index (χ1v) is 10.3. The van der Waals surface area contributed by atoms with Gasteiger partial charge in [-0.2, -0.15) is 4.98 Å². The Hall–Kier alpha value is -4.05. The molecule has 33 heavy (non-hydrogen) atoms. The van der Waals surface area contributed by atoms with Crippen LogP contribution in [0.5, 0.6) is 23.8 Å². The van der Waals surface area contributed by atoms with Crippen molar-refractivity contribution in [2.75, 3.05) is 13.7 Å². The van der Waals surface area contributed by atoms with Crippen molar-refractivity contribution in [3.05, 3.63) is 87.3 Å². The van der Waals surface area contributed by atoms with Crippen molar-refractivity contribution in [3.63, 3.8) is 0 Å². The number of benzene rings is 1. The zero-order valence-electron chi connectivity index (χ0n) is 17.6. The number of ether oxygens (including phenoxy) is 3. The van der Waals surface area contributed by atoms with Crippen LogP contribution in [0.4, 0.5) is 0 Å². The van der Waals surface area contributed by atoms with Crippen molar-refractivity contribution in [3.8, 4) is 23.8 Å². The second-order valence-corrected chi connectivity index (χ2v) is 7.26. The second kappa shape index (κ2) is 10.5. The standard InChI is InChI=1S/C22H19ClN6O4/c1-31-20-24-9-15(10-25-20)8-16-11-26-22(29-19(16)30)32-7-6-14-2-4-18(5-3-14)33-21-27-12-17(23)13-28-21/h2-5,9-13H,6-8H2,1H3,(H,26,29,30). The fourth-order valence-electron chi connectivity index (χ4n) is 2.82. The van der Waals surface area contributed by atoms with Gasteiger partial charge in [-0.1, -0.05) is 23.7 Å². The number of hydrogen-bond donors (Lipinski definition) is 1. The van der Waals surface area contributed by atoms with Gasteiger partial charge in [-0.25, -0.2) is 19.9 Å². The lowest BCUT2D eigenvalue weighted by Gasteiger charge is -2.07. The van der Waals surface area contributed by atoms with Gasteiger partial charge in [0.1, 0.15) is 5.75 Å². The van der Waals surface area contributed by atoms with Crippen LogP contribution >= 0.6 is 11.6 Å². The Morgan fingerprint density at radius 1 is 0.939 bits per heavy atom. The van der Waals surface area contributed by atoms with Gasteiger partial charge in [0.15, 0.2) is 0 Å². The molecule has 0 spiro atoms. The van der Waals surface area contributed by atoms with Gasteiger partial charge in [0, 0.05) is 37.0 Å². The highest BCUT2D eigenvalue weighted by molar-refractivity contribution is 6.30. The van der Waals surface area contributed by atoms with E-state index in [-0.39, 0.29) is 23.6 Å². The quantitative estimate of drug-likeness (QED) is 0.396. The third-order valence-corrected chi connectivity index (χ3v) is 4.66. The molecule has 3 aromatic heterocycles. The summed E-state index contributed by atoms with van der Waals surface area (Å²) in [4.78, 5) is 35.2. The number of nitrogens with zero attached hydrogens (tertiary/aromatic N) is 5. The van der Waals surface area contributed by atoms with Crippen molar-refractivity contribution in [1.82, 2.24) is 29.9 Å². The summed E-state index contributed by atoms with van der Waals surface area (Å²) in [6, 6.07) is 8.08. The zero-order valence-corrected chi connectivity index (χ0v) is 18.3. The number of nitrogens with one attached hydrogen (secondary N) is 1. The van der Waals surface area contributed by atoms with Crippen LogP contribution in [0.25, 0.3) is 0 Å². The van der Waals surface area contributed by atoms with Crippen molar-refractivity contribution in [1.29, 1.82) is 0 Å². The van der Waals surface area contributed by atoms with Gasteiger partial charge >= 0.3 is 12.0 Å². The normalized spacial score (nSPS) is 10.6. The van der Waals surface area contributed by atoms with Crippen LogP contribution in [-0.4, -0.2) is 43.6 Å². The highest BCUT2D eigenvalue weighted by Gasteiger charge is 2.07. The molecule has 0 radical (unpaired) electrons. The monoisotopic (exact) mass is 466 g/mol. The van der Waals surface area contributed by atoms with E-state index in [0.717, 1.165) is 11.1 Å². The maximum absolute atomic E-state index is 12.3. The molecule has 4 rings (SSSR count). The first-order valence-electron chi connectivity index (χ1n) is 9.90. The number of methoxy groups -OCH3 is 1. The van der Waals surface area contributed by atoms with E-state index in [1.165, 1.54) is 19.5 Å². The fraction of sp³-hybridized carbons (Fsp3) is 0.182. The van der Waals surface area contributed by atoms with Crippen LogP contribution in [0.15, 0.2) is 60.0 Å². The van der Waals surface area contributed by atoms with Crippen molar-refractivity contribution in [2.45, 2.75) is 12.8 Å². The van der Waals surface area contributed by atoms with Crippen molar-refractivity contribution >= 4 is 11.6 Å². The zero-order chi connectivity index (χ0) is 23.0. The average molecular weight is 467 g/mol. The first-order chi connectivity index (χ1) is 16.1. The molecule has 0 atom stereocenters. The molecule has 3 heterocycles. The van der Waals surface area contributed by atoms with Gasteiger partial charge in [-0.3, -0.25) is 4.79 Å². The van der Waals surface area contributed by atoms with Crippen LogP contribution in [-0.2, 0) is 12.8 Å². The predicted octanol–water partition coefficient (Wildman–Crippen LogP) is 3.02. The van der Waals surface area contributed by atoms with Gasteiger partial charge in [-0.15, -0.1) is 0 Å². The molecule has 0 amide bonds. The topological polar surface area (TPSA) is 125 Å². The number of hydrogen-bond acceptors (Lipinski definition) is 9. The molecule has 1 aromatic carbocycles. The highest BCUT2D eigenvalue weighted by atomic mass is 35.5. The molecule has 4 aromatic rings. The van der Waals surface area contributed by atoms with Gasteiger partial charge in [0.2, 0.25) is 0 Å². The Labute approximate surface area is 193 Å². The van der Waals surface area contributed by atoms with E-state index in [1.54, 1.807) is 18.6 Å². The summed E-state index contributed by atoms with van der Waals surface area (Å²) >= 11 is 5.76. The Kier molecular flexibility index (Phi) is 7.06. The van der Waals surface area contributed by atoms with Gasteiger partial charge in [0.05, 0.1) is 31.1 Å². The summed E-state index contributed by atoms with van der Waals surface area (Å²) in [7, 11) is 1.49. The van der Waals surface area contributed by atoms with E-state index < -0.39 is 0 Å². The predicted molar refractivity (Wildman–Crippen MR) is 119 cm³/mol. The molecule has 10 nitrogen and oxygen atoms in total. The smallest absolute Gasteiger partial charge is 0.321 e. The molecule has 11 heteroatoms. The second-order valence-electron chi connectivity index (χ2n) is 6.82. The molecule has 0 aliphatic rings. The Balaban J connectivity index is 1.28. The number of aromatic nitrogens is 6. The van der Waals surface area contributed by atoms with E-state index in [9.17, 15) is 4.79 Å². The molecule has 0 saturated heterocycles. The van der Waals surface area contributed by atoms with E-state index in [4.69, 9.17) is 25.8 Å². The SMILES string of the molecule is COc1ncc(Cc2c[nH]c(OCCc3ccc(Oc4ncc(Cl)cn4)cc3)nc2=O)cn1. The van der Waals surface area contributed by atoms with E-state index in [1.807, 2.05) is 24.3 Å². The van der Waals surface area contributed by atoms with Crippen molar-refractivity contribution < 1.29 is 14.2 Å². The summed E-state index contributed by atoms with van der Waals surface area (Å²) in [5.74, 6) is 0.603. The molecular weight excluding hydrogens is 448 g/mol. The Bertz CT molecular complexity index is 1250. The molecular formula is C22H19ClN6O4. The molecule has 0 aliphatic heterocycles. The number of halogens is 1. The Morgan fingerprint density at radius 2 is 1.64 bits per heavy atom. The van der Waals surface area contributed by atoms with Gasteiger partial charge in [0.25, 0.3) is 11.6 Å². The van der Waals surface area contributed by atoms with E-state index in [2.05, 4.69) is 29.9 Å². The highest BCUT2D eigenvalue weighted by Crippen LogP contribution is 2.19. The number of aromatic amines is 1.